The molecule has 0 aliphatic carbocycles. The molecule has 166 valence electrons. The maximum atomic E-state index is 12.2. The van der Waals surface area contributed by atoms with Crippen LogP contribution in [0.2, 0.25) is 0 Å². The third-order valence-corrected chi connectivity index (χ3v) is 4.59. The molecule has 8 heteroatoms. The van der Waals surface area contributed by atoms with Gasteiger partial charge in [-0.3, -0.25) is 14.4 Å². The zero-order valence-electron chi connectivity index (χ0n) is 18.2. The van der Waals surface area contributed by atoms with Crippen LogP contribution in [0.3, 0.4) is 0 Å². The predicted octanol–water partition coefficient (Wildman–Crippen LogP) is 2.64. The average molecular weight is 427 g/mol. The number of amides is 3. The summed E-state index contributed by atoms with van der Waals surface area (Å²) in [6, 6.07) is 13.7. The molecule has 2 rings (SSSR count). The topological polar surface area (TPSA) is 109 Å². The molecule has 2 aromatic rings. The number of ether oxygens (including phenoxy) is 1. The molecule has 0 saturated carbocycles. The molecule has 1 atom stereocenters. The summed E-state index contributed by atoms with van der Waals surface area (Å²) in [5, 5.41) is 11.4. The standard InChI is InChI=1S/C23H30N4O4/c1-4-16(2)26-23(30)18-6-5-7-20(14-18)25-15-21(28)27-19-10-8-17(9-11-19)22(29)24-12-13-31-3/h5-11,14,16,25H,4,12-13,15H2,1-3H3,(H,24,29)(H,26,30)(H,27,28). The van der Waals surface area contributed by atoms with E-state index in [0.29, 0.717) is 35.7 Å². The van der Waals surface area contributed by atoms with E-state index >= 15 is 0 Å². The van der Waals surface area contributed by atoms with Crippen LogP contribution in [0, 0.1) is 0 Å². The van der Waals surface area contributed by atoms with Crippen LogP contribution in [-0.4, -0.2) is 50.6 Å². The van der Waals surface area contributed by atoms with Crippen molar-refractivity contribution >= 4 is 29.1 Å². The van der Waals surface area contributed by atoms with Crippen LogP contribution in [0.4, 0.5) is 11.4 Å². The minimum Gasteiger partial charge on any atom is -0.383 e. The number of anilines is 2. The van der Waals surface area contributed by atoms with Gasteiger partial charge in [0, 0.05) is 42.2 Å². The lowest BCUT2D eigenvalue weighted by molar-refractivity contribution is -0.114. The van der Waals surface area contributed by atoms with Crippen molar-refractivity contribution in [3.63, 3.8) is 0 Å². The molecule has 3 amide bonds. The second-order valence-electron chi connectivity index (χ2n) is 7.09. The molecule has 2 aromatic carbocycles. The highest BCUT2D eigenvalue weighted by atomic mass is 16.5. The van der Waals surface area contributed by atoms with Gasteiger partial charge in [-0.25, -0.2) is 0 Å². The van der Waals surface area contributed by atoms with Crippen molar-refractivity contribution in [1.82, 2.24) is 10.6 Å². The molecule has 0 bridgehead atoms. The third-order valence-electron chi connectivity index (χ3n) is 4.59. The first kappa shape index (κ1) is 23.9. The Morgan fingerprint density at radius 1 is 0.968 bits per heavy atom. The van der Waals surface area contributed by atoms with Crippen LogP contribution in [0.5, 0.6) is 0 Å². The Kier molecular flexibility index (Phi) is 9.51. The van der Waals surface area contributed by atoms with Crippen LogP contribution in [0.25, 0.3) is 0 Å². The van der Waals surface area contributed by atoms with Crippen LogP contribution in [0.15, 0.2) is 48.5 Å². The third kappa shape index (κ3) is 8.10. The molecule has 0 spiro atoms. The van der Waals surface area contributed by atoms with Gasteiger partial charge in [0.1, 0.15) is 0 Å². The first-order valence-electron chi connectivity index (χ1n) is 10.2. The lowest BCUT2D eigenvalue weighted by atomic mass is 10.1. The van der Waals surface area contributed by atoms with E-state index in [-0.39, 0.29) is 30.3 Å². The highest BCUT2D eigenvalue weighted by Gasteiger charge is 2.10. The number of hydrogen-bond acceptors (Lipinski definition) is 5. The van der Waals surface area contributed by atoms with Crippen molar-refractivity contribution in [2.45, 2.75) is 26.3 Å². The number of hydrogen-bond donors (Lipinski definition) is 4. The van der Waals surface area contributed by atoms with E-state index in [2.05, 4.69) is 21.3 Å². The molecule has 0 heterocycles. The number of benzene rings is 2. The van der Waals surface area contributed by atoms with Crippen molar-refractivity contribution in [3.8, 4) is 0 Å². The fraction of sp³-hybridized carbons (Fsp3) is 0.348. The molecular formula is C23H30N4O4. The number of nitrogens with one attached hydrogen (secondary N) is 4. The van der Waals surface area contributed by atoms with Gasteiger partial charge in [0.25, 0.3) is 11.8 Å². The maximum Gasteiger partial charge on any atom is 0.251 e. The Bertz CT molecular complexity index is 883. The largest absolute Gasteiger partial charge is 0.383 e. The lowest BCUT2D eigenvalue weighted by Gasteiger charge is -2.13. The highest BCUT2D eigenvalue weighted by molar-refractivity contribution is 5.97. The van der Waals surface area contributed by atoms with E-state index in [9.17, 15) is 14.4 Å². The highest BCUT2D eigenvalue weighted by Crippen LogP contribution is 2.12. The number of carbonyl (C=O) groups is 3. The van der Waals surface area contributed by atoms with E-state index in [0.717, 1.165) is 6.42 Å². The van der Waals surface area contributed by atoms with Gasteiger partial charge < -0.3 is 26.0 Å². The summed E-state index contributed by atoms with van der Waals surface area (Å²) in [6.45, 7) is 4.87. The van der Waals surface area contributed by atoms with Crippen molar-refractivity contribution in [2.75, 3.05) is 37.4 Å². The minimum atomic E-state index is -0.244. The molecule has 0 radical (unpaired) electrons. The Morgan fingerprint density at radius 2 is 1.71 bits per heavy atom. The summed E-state index contributed by atoms with van der Waals surface area (Å²) in [5.41, 5.74) is 2.29. The first-order valence-corrected chi connectivity index (χ1v) is 10.2. The van der Waals surface area contributed by atoms with E-state index in [1.54, 1.807) is 55.6 Å². The van der Waals surface area contributed by atoms with Crippen LogP contribution in [0.1, 0.15) is 41.0 Å². The molecule has 0 fully saturated rings. The Labute approximate surface area is 182 Å². The van der Waals surface area contributed by atoms with Gasteiger partial charge in [-0.15, -0.1) is 0 Å². The number of methoxy groups -OCH3 is 1. The molecule has 31 heavy (non-hydrogen) atoms. The van der Waals surface area contributed by atoms with Gasteiger partial charge in [0.05, 0.1) is 13.2 Å². The second kappa shape index (κ2) is 12.3. The quantitative estimate of drug-likeness (QED) is 0.413. The van der Waals surface area contributed by atoms with E-state index in [1.807, 2.05) is 13.8 Å². The van der Waals surface area contributed by atoms with Gasteiger partial charge in [-0.05, 0) is 55.8 Å². The Balaban J connectivity index is 1.84. The summed E-state index contributed by atoms with van der Waals surface area (Å²) in [6.07, 6.45) is 0.851. The molecule has 0 aliphatic heterocycles. The molecule has 4 N–H and O–H groups in total. The monoisotopic (exact) mass is 426 g/mol. The molecular weight excluding hydrogens is 396 g/mol. The summed E-state index contributed by atoms with van der Waals surface area (Å²) in [5.74, 6) is -0.589. The lowest BCUT2D eigenvalue weighted by Crippen LogP contribution is -2.31. The molecule has 1 unspecified atom stereocenters. The second-order valence-corrected chi connectivity index (χ2v) is 7.09. The van der Waals surface area contributed by atoms with Crippen LogP contribution < -0.4 is 21.3 Å². The van der Waals surface area contributed by atoms with Gasteiger partial charge in [0.15, 0.2) is 0 Å². The Hall–Kier alpha value is -3.39. The van der Waals surface area contributed by atoms with Gasteiger partial charge in [0.2, 0.25) is 5.91 Å². The average Bonchev–Trinajstić information content (AvgIpc) is 2.78. The van der Waals surface area contributed by atoms with Crippen molar-refractivity contribution in [1.29, 1.82) is 0 Å². The normalized spacial score (nSPS) is 11.3. The predicted molar refractivity (Wildman–Crippen MR) is 121 cm³/mol. The first-order chi connectivity index (χ1) is 14.9. The van der Waals surface area contributed by atoms with Crippen molar-refractivity contribution < 1.29 is 19.1 Å². The Morgan fingerprint density at radius 3 is 2.39 bits per heavy atom. The summed E-state index contributed by atoms with van der Waals surface area (Å²) >= 11 is 0. The van der Waals surface area contributed by atoms with E-state index in [4.69, 9.17) is 4.74 Å². The SMILES string of the molecule is CCC(C)NC(=O)c1cccc(NCC(=O)Nc2ccc(C(=O)NCCOC)cc2)c1. The molecule has 8 nitrogen and oxygen atoms in total. The summed E-state index contributed by atoms with van der Waals surface area (Å²) < 4.78 is 4.90. The smallest absolute Gasteiger partial charge is 0.251 e. The van der Waals surface area contributed by atoms with Crippen LogP contribution in [-0.2, 0) is 9.53 Å². The molecule has 0 aliphatic rings. The molecule has 0 aromatic heterocycles. The zero-order chi connectivity index (χ0) is 22.6. The van der Waals surface area contributed by atoms with Gasteiger partial charge >= 0.3 is 0 Å². The maximum absolute atomic E-state index is 12.2. The van der Waals surface area contributed by atoms with E-state index < -0.39 is 0 Å². The van der Waals surface area contributed by atoms with Crippen molar-refractivity contribution in [3.05, 3.63) is 59.7 Å². The number of rotatable bonds is 11. The van der Waals surface area contributed by atoms with Crippen molar-refractivity contribution in [2.24, 2.45) is 0 Å². The minimum absolute atomic E-state index is 0.0374. The fourth-order valence-electron chi connectivity index (χ4n) is 2.64. The zero-order valence-corrected chi connectivity index (χ0v) is 18.2. The molecule has 0 saturated heterocycles. The fourth-order valence-corrected chi connectivity index (χ4v) is 2.64. The van der Waals surface area contributed by atoms with Gasteiger partial charge in [-0.1, -0.05) is 13.0 Å². The number of carbonyl (C=O) groups excluding carboxylic acids is 3. The van der Waals surface area contributed by atoms with Crippen LogP contribution >= 0.6 is 0 Å². The summed E-state index contributed by atoms with van der Waals surface area (Å²) in [7, 11) is 1.57. The van der Waals surface area contributed by atoms with Gasteiger partial charge in [-0.2, -0.15) is 0 Å². The summed E-state index contributed by atoms with van der Waals surface area (Å²) in [4.78, 5) is 36.4. The van der Waals surface area contributed by atoms with E-state index in [1.165, 1.54) is 0 Å².